The quantitative estimate of drug-likeness (QED) is 0.518. The van der Waals surface area contributed by atoms with E-state index in [9.17, 15) is 9.90 Å². The van der Waals surface area contributed by atoms with E-state index in [-0.39, 0.29) is 18.3 Å². The lowest BCUT2D eigenvalue weighted by atomic mass is 9.83. The van der Waals surface area contributed by atoms with Crippen LogP contribution in [0, 0.1) is 19.8 Å². The molecule has 3 aromatic rings. The Labute approximate surface area is 190 Å². The Balaban J connectivity index is 1.59. The van der Waals surface area contributed by atoms with Crippen molar-refractivity contribution in [2.24, 2.45) is 5.92 Å². The van der Waals surface area contributed by atoms with Crippen LogP contribution in [0.25, 0.3) is 0 Å². The number of aromatic nitrogens is 1. The number of benzene rings is 2. The van der Waals surface area contributed by atoms with Crippen LogP contribution in [0.2, 0.25) is 0 Å². The van der Waals surface area contributed by atoms with Gasteiger partial charge in [-0.15, -0.1) is 0 Å². The maximum absolute atomic E-state index is 13.2. The Morgan fingerprint density at radius 3 is 2.44 bits per heavy atom. The van der Waals surface area contributed by atoms with Crippen LogP contribution in [0.15, 0.2) is 66.9 Å². The minimum absolute atomic E-state index is 0.00588. The fourth-order valence-electron chi connectivity index (χ4n) is 4.70. The molecule has 1 fully saturated rings. The first-order chi connectivity index (χ1) is 15.5. The van der Waals surface area contributed by atoms with Crippen LogP contribution in [0.5, 0.6) is 0 Å². The van der Waals surface area contributed by atoms with Gasteiger partial charge in [0.15, 0.2) is 5.78 Å². The van der Waals surface area contributed by atoms with Gasteiger partial charge in [-0.05, 0) is 73.6 Å². The fourth-order valence-corrected chi connectivity index (χ4v) is 4.70. The number of nitrogens with zero attached hydrogens (tertiary/aromatic N) is 2. The number of pyridine rings is 1. The second-order valence-electron chi connectivity index (χ2n) is 8.93. The summed E-state index contributed by atoms with van der Waals surface area (Å²) in [5.41, 5.74) is 6.35. The molecule has 1 N–H and O–H groups in total. The van der Waals surface area contributed by atoms with Crippen molar-refractivity contribution in [3.8, 4) is 0 Å². The lowest BCUT2D eigenvalue weighted by Gasteiger charge is -2.33. The summed E-state index contributed by atoms with van der Waals surface area (Å²) in [4.78, 5) is 19.8. The monoisotopic (exact) mass is 428 g/mol. The Morgan fingerprint density at radius 2 is 1.78 bits per heavy atom. The zero-order valence-electron chi connectivity index (χ0n) is 19.0. The molecule has 1 unspecified atom stereocenters. The first-order valence-electron chi connectivity index (χ1n) is 11.5. The number of hydrogen-bond donors (Lipinski definition) is 1. The lowest BCUT2D eigenvalue weighted by Crippen LogP contribution is -2.34. The van der Waals surface area contributed by atoms with E-state index in [4.69, 9.17) is 0 Å². The maximum Gasteiger partial charge on any atom is 0.163 e. The number of piperidine rings is 1. The van der Waals surface area contributed by atoms with Crippen molar-refractivity contribution >= 4 is 11.5 Å². The normalized spacial score (nSPS) is 15.5. The number of aryl methyl sites for hydroxylation is 2. The van der Waals surface area contributed by atoms with Gasteiger partial charge in [-0.25, -0.2) is 0 Å². The number of ketones is 1. The largest absolute Gasteiger partial charge is 0.396 e. The molecule has 32 heavy (non-hydrogen) atoms. The molecule has 0 aliphatic carbocycles. The molecule has 4 heteroatoms. The average Bonchev–Trinajstić information content (AvgIpc) is 2.83. The SMILES string of the molecule is Cc1cc(C(=O)CC(c2ccc(N3CCC(CO)CC3)cc2)c2ccccc2C)ccn1. The summed E-state index contributed by atoms with van der Waals surface area (Å²) in [6.45, 7) is 6.27. The minimum atomic E-state index is 0.00588. The molecule has 2 heterocycles. The van der Waals surface area contributed by atoms with Crippen molar-refractivity contribution < 1.29 is 9.90 Å². The highest BCUT2D eigenvalue weighted by atomic mass is 16.3. The van der Waals surface area contributed by atoms with Crippen molar-refractivity contribution in [3.63, 3.8) is 0 Å². The van der Waals surface area contributed by atoms with Crippen LogP contribution in [0.3, 0.4) is 0 Å². The summed E-state index contributed by atoms with van der Waals surface area (Å²) in [5.74, 6) is 0.573. The van der Waals surface area contributed by atoms with E-state index in [1.807, 2.05) is 25.1 Å². The highest BCUT2D eigenvalue weighted by molar-refractivity contribution is 5.96. The van der Waals surface area contributed by atoms with Crippen LogP contribution in [0.4, 0.5) is 5.69 Å². The molecule has 0 radical (unpaired) electrons. The van der Waals surface area contributed by atoms with Gasteiger partial charge in [0.2, 0.25) is 0 Å². The predicted octanol–water partition coefficient (Wildman–Crippen LogP) is 5.31. The van der Waals surface area contributed by atoms with E-state index in [0.29, 0.717) is 12.3 Å². The topological polar surface area (TPSA) is 53.4 Å². The Morgan fingerprint density at radius 1 is 1.06 bits per heavy atom. The van der Waals surface area contributed by atoms with Crippen LogP contribution >= 0.6 is 0 Å². The second kappa shape index (κ2) is 10.1. The zero-order valence-corrected chi connectivity index (χ0v) is 19.0. The van der Waals surface area contributed by atoms with Crippen molar-refractivity contribution in [2.75, 3.05) is 24.6 Å². The van der Waals surface area contributed by atoms with E-state index < -0.39 is 0 Å². The summed E-state index contributed by atoms with van der Waals surface area (Å²) >= 11 is 0. The summed E-state index contributed by atoms with van der Waals surface area (Å²) < 4.78 is 0. The van der Waals surface area contributed by atoms with Gasteiger partial charge in [0, 0.05) is 55.2 Å². The molecule has 2 aromatic carbocycles. The van der Waals surface area contributed by atoms with E-state index in [1.165, 1.54) is 16.8 Å². The first-order valence-corrected chi connectivity index (χ1v) is 11.5. The molecule has 0 amide bonds. The number of rotatable bonds is 7. The highest BCUT2D eigenvalue weighted by Gasteiger charge is 2.22. The Bertz CT molecular complexity index is 1050. The van der Waals surface area contributed by atoms with Crippen molar-refractivity contribution in [2.45, 2.75) is 39.0 Å². The second-order valence-corrected chi connectivity index (χ2v) is 8.93. The number of carbonyl (C=O) groups excluding carboxylic acids is 1. The molecule has 1 aliphatic heterocycles. The van der Waals surface area contributed by atoms with Gasteiger partial charge in [-0.1, -0.05) is 36.4 Å². The molecule has 1 aromatic heterocycles. The van der Waals surface area contributed by atoms with Gasteiger partial charge in [0.1, 0.15) is 0 Å². The van der Waals surface area contributed by atoms with E-state index in [2.05, 4.69) is 59.3 Å². The van der Waals surface area contributed by atoms with Crippen LogP contribution in [-0.2, 0) is 0 Å². The molecule has 0 saturated carbocycles. The molecule has 4 rings (SSSR count). The zero-order chi connectivity index (χ0) is 22.5. The van der Waals surface area contributed by atoms with Gasteiger partial charge >= 0.3 is 0 Å². The molecular weight excluding hydrogens is 396 g/mol. The van der Waals surface area contributed by atoms with Gasteiger partial charge < -0.3 is 10.0 Å². The Hall–Kier alpha value is -2.98. The number of carbonyl (C=O) groups is 1. The number of aliphatic hydroxyl groups is 1. The van der Waals surface area contributed by atoms with Gasteiger partial charge in [0.25, 0.3) is 0 Å². The molecule has 166 valence electrons. The van der Waals surface area contributed by atoms with Gasteiger partial charge in [-0.3, -0.25) is 9.78 Å². The van der Waals surface area contributed by atoms with Crippen LogP contribution in [-0.4, -0.2) is 35.6 Å². The number of hydrogen-bond acceptors (Lipinski definition) is 4. The lowest BCUT2D eigenvalue weighted by molar-refractivity contribution is 0.0977. The summed E-state index contributed by atoms with van der Waals surface area (Å²) in [7, 11) is 0. The maximum atomic E-state index is 13.2. The molecule has 1 aliphatic rings. The predicted molar refractivity (Wildman–Crippen MR) is 129 cm³/mol. The molecule has 1 atom stereocenters. The van der Waals surface area contributed by atoms with Crippen molar-refractivity contribution in [1.29, 1.82) is 0 Å². The molecule has 4 nitrogen and oxygen atoms in total. The molecule has 1 saturated heterocycles. The standard InChI is InChI=1S/C28H32N2O2/c1-20-5-3-4-6-26(20)27(18-28(32)24-11-14-29-21(2)17-24)23-7-9-25(10-8-23)30-15-12-22(19-31)13-16-30/h3-11,14,17,22,27,31H,12-13,15-16,18-19H2,1-2H3. The van der Waals surface area contributed by atoms with E-state index in [0.717, 1.165) is 42.8 Å². The fraction of sp³-hybridized carbons (Fsp3) is 0.357. The summed E-state index contributed by atoms with van der Waals surface area (Å²) in [5, 5.41) is 9.40. The summed E-state index contributed by atoms with van der Waals surface area (Å²) in [6.07, 6.45) is 4.20. The summed E-state index contributed by atoms with van der Waals surface area (Å²) in [6, 6.07) is 20.7. The number of anilines is 1. The van der Waals surface area contributed by atoms with Crippen LogP contribution < -0.4 is 4.90 Å². The highest BCUT2D eigenvalue weighted by Crippen LogP contribution is 2.33. The third-order valence-corrected chi connectivity index (χ3v) is 6.71. The first kappa shape index (κ1) is 22.2. The molecule has 0 bridgehead atoms. The van der Waals surface area contributed by atoms with Crippen molar-refractivity contribution in [3.05, 3.63) is 94.8 Å². The number of aliphatic hydroxyl groups excluding tert-OH is 1. The smallest absolute Gasteiger partial charge is 0.163 e. The third-order valence-electron chi connectivity index (χ3n) is 6.71. The number of Topliss-reactive ketones (excluding diaryl/α,β-unsaturated/α-hetero) is 1. The van der Waals surface area contributed by atoms with Crippen LogP contribution in [0.1, 0.15) is 57.9 Å². The average molecular weight is 429 g/mol. The molecule has 0 spiro atoms. The van der Waals surface area contributed by atoms with E-state index in [1.54, 1.807) is 6.20 Å². The van der Waals surface area contributed by atoms with Gasteiger partial charge in [0.05, 0.1) is 0 Å². The molecular formula is C28H32N2O2. The third kappa shape index (κ3) is 5.08. The minimum Gasteiger partial charge on any atom is -0.396 e. The Kier molecular flexibility index (Phi) is 7.01. The van der Waals surface area contributed by atoms with Gasteiger partial charge in [-0.2, -0.15) is 0 Å². The van der Waals surface area contributed by atoms with Crippen molar-refractivity contribution in [1.82, 2.24) is 4.98 Å². The van der Waals surface area contributed by atoms with E-state index >= 15 is 0 Å².